The van der Waals surface area contributed by atoms with Gasteiger partial charge in [-0.25, -0.2) is 4.68 Å². The molecule has 7 heteroatoms. The lowest BCUT2D eigenvalue weighted by molar-refractivity contribution is -0.138. The van der Waals surface area contributed by atoms with Crippen LogP contribution in [0.4, 0.5) is 0 Å². The Morgan fingerprint density at radius 2 is 2.20 bits per heavy atom. The molecule has 20 heavy (non-hydrogen) atoms. The summed E-state index contributed by atoms with van der Waals surface area (Å²) in [6.07, 6.45) is -0.0315. The van der Waals surface area contributed by atoms with Gasteiger partial charge < -0.3 is 5.11 Å². The second-order valence-corrected chi connectivity index (χ2v) is 5.30. The lowest BCUT2D eigenvalue weighted by Crippen LogP contribution is -2.21. The maximum absolute atomic E-state index is 11.0. The van der Waals surface area contributed by atoms with Crippen molar-refractivity contribution in [2.24, 2.45) is 5.92 Å². The molecule has 0 aliphatic carbocycles. The lowest BCUT2D eigenvalue weighted by atomic mass is 10.0. The van der Waals surface area contributed by atoms with Crippen LogP contribution in [0.3, 0.4) is 0 Å². The summed E-state index contributed by atoms with van der Waals surface area (Å²) in [6, 6.07) is 6.85. The van der Waals surface area contributed by atoms with Gasteiger partial charge in [0.25, 0.3) is 0 Å². The summed E-state index contributed by atoms with van der Waals surface area (Å²) in [4.78, 5) is 11.0. The van der Waals surface area contributed by atoms with Gasteiger partial charge in [-0.2, -0.15) is 0 Å². The monoisotopic (exact) mass is 294 g/mol. The zero-order valence-corrected chi connectivity index (χ0v) is 11.9. The van der Waals surface area contributed by atoms with Crippen LogP contribution in [0.5, 0.6) is 0 Å². The standard InChI is InChI=1S/C13H15ClN4O2/c1-8(2)11(7-12(19)20)18-13(15-16-17-18)9-4-3-5-10(14)6-9/h3-6,8,11H,7H2,1-2H3,(H,19,20). The van der Waals surface area contributed by atoms with E-state index in [9.17, 15) is 4.79 Å². The number of hydrogen-bond donors (Lipinski definition) is 1. The Morgan fingerprint density at radius 1 is 1.45 bits per heavy atom. The van der Waals surface area contributed by atoms with Gasteiger partial charge >= 0.3 is 5.97 Å². The summed E-state index contributed by atoms with van der Waals surface area (Å²) in [5, 5.41) is 21.2. The van der Waals surface area contributed by atoms with Crippen molar-refractivity contribution in [3.05, 3.63) is 29.3 Å². The van der Waals surface area contributed by atoms with Gasteiger partial charge in [-0.15, -0.1) is 5.10 Å². The molecule has 0 fully saturated rings. The Kier molecular flexibility index (Phi) is 4.34. The van der Waals surface area contributed by atoms with Gasteiger partial charge in [-0.05, 0) is 28.5 Å². The fourth-order valence-electron chi connectivity index (χ4n) is 2.02. The fraction of sp³-hybridized carbons (Fsp3) is 0.385. The number of nitrogens with zero attached hydrogens (tertiary/aromatic N) is 4. The highest BCUT2D eigenvalue weighted by atomic mass is 35.5. The lowest BCUT2D eigenvalue weighted by Gasteiger charge is -2.20. The summed E-state index contributed by atoms with van der Waals surface area (Å²) in [5.74, 6) is -0.267. The summed E-state index contributed by atoms with van der Waals surface area (Å²) in [6.45, 7) is 3.88. The molecule has 1 N–H and O–H groups in total. The quantitative estimate of drug-likeness (QED) is 0.917. The molecule has 1 atom stereocenters. The minimum Gasteiger partial charge on any atom is -0.481 e. The summed E-state index contributed by atoms with van der Waals surface area (Å²) >= 11 is 5.97. The highest BCUT2D eigenvalue weighted by Gasteiger charge is 2.24. The van der Waals surface area contributed by atoms with Crippen LogP contribution in [-0.4, -0.2) is 31.3 Å². The molecule has 1 aromatic heterocycles. The average Bonchev–Trinajstić information content (AvgIpc) is 2.84. The zero-order chi connectivity index (χ0) is 14.7. The molecular formula is C13H15ClN4O2. The van der Waals surface area contributed by atoms with Gasteiger partial charge in [0.05, 0.1) is 12.5 Å². The van der Waals surface area contributed by atoms with Crippen molar-refractivity contribution in [3.63, 3.8) is 0 Å². The number of rotatable bonds is 5. The molecule has 2 rings (SSSR count). The smallest absolute Gasteiger partial charge is 0.305 e. The first-order chi connectivity index (χ1) is 9.49. The third-order valence-corrected chi connectivity index (χ3v) is 3.28. The van der Waals surface area contributed by atoms with Crippen LogP contribution in [0.15, 0.2) is 24.3 Å². The molecule has 0 amide bonds. The number of carboxylic acids is 1. The normalized spacial score (nSPS) is 12.6. The van der Waals surface area contributed by atoms with E-state index in [-0.39, 0.29) is 18.4 Å². The topological polar surface area (TPSA) is 80.9 Å². The third kappa shape index (κ3) is 3.14. The van der Waals surface area contributed by atoms with Crippen molar-refractivity contribution in [1.82, 2.24) is 20.2 Å². The zero-order valence-electron chi connectivity index (χ0n) is 11.2. The summed E-state index contributed by atoms with van der Waals surface area (Å²) < 4.78 is 1.56. The largest absolute Gasteiger partial charge is 0.481 e. The van der Waals surface area contributed by atoms with Crippen LogP contribution in [0.1, 0.15) is 26.3 Å². The molecule has 6 nitrogen and oxygen atoms in total. The van der Waals surface area contributed by atoms with E-state index in [0.29, 0.717) is 10.8 Å². The maximum Gasteiger partial charge on any atom is 0.305 e. The predicted octanol–water partition coefficient (Wildman–Crippen LogP) is 2.67. The molecule has 0 saturated carbocycles. The Labute approximate surface area is 121 Å². The fourth-order valence-corrected chi connectivity index (χ4v) is 2.21. The molecule has 0 aliphatic rings. The third-order valence-electron chi connectivity index (χ3n) is 3.04. The van der Waals surface area contributed by atoms with E-state index in [4.69, 9.17) is 16.7 Å². The molecule has 1 unspecified atom stereocenters. The Morgan fingerprint density at radius 3 is 2.80 bits per heavy atom. The van der Waals surface area contributed by atoms with Gasteiger partial charge in [-0.1, -0.05) is 37.6 Å². The van der Waals surface area contributed by atoms with Crippen molar-refractivity contribution in [1.29, 1.82) is 0 Å². The molecule has 0 spiro atoms. The predicted molar refractivity (Wildman–Crippen MR) is 74.4 cm³/mol. The van der Waals surface area contributed by atoms with Crippen LogP contribution in [0.25, 0.3) is 11.4 Å². The molecule has 1 heterocycles. The summed E-state index contributed by atoms with van der Waals surface area (Å²) in [7, 11) is 0. The summed E-state index contributed by atoms with van der Waals surface area (Å²) in [5.41, 5.74) is 0.763. The highest BCUT2D eigenvalue weighted by molar-refractivity contribution is 6.30. The van der Waals surface area contributed by atoms with E-state index in [1.165, 1.54) is 0 Å². The minimum atomic E-state index is -0.878. The van der Waals surface area contributed by atoms with Crippen molar-refractivity contribution in [3.8, 4) is 11.4 Å². The van der Waals surface area contributed by atoms with Gasteiger partial charge in [0, 0.05) is 10.6 Å². The van der Waals surface area contributed by atoms with E-state index in [2.05, 4.69) is 15.5 Å². The first-order valence-corrected chi connectivity index (χ1v) is 6.62. The van der Waals surface area contributed by atoms with Crippen LogP contribution in [0, 0.1) is 5.92 Å². The number of carbonyl (C=O) groups is 1. The molecule has 0 bridgehead atoms. The van der Waals surface area contributed by atoms with Crippen LogP contribution in [0.2, 0.25) is 5.02 Å². The van der Waals surface area contributed by atoms with Crippen molar-refractivity contribution < 1.29 is 9.90 Å². The molecule has 0 aliphatic heterocycles. The minimum absolute atomic E-state index is 0.0315. The molecular weight excluding hydrogens is 280 g/mol. The second kappa shape index (κ2) is 6.00. The van der Waals surface area contributed by atoms with Gasteiger partial charge in [0.15, 0.2) is 5.82 Å². The van der Waals surface area contributed by atoms with E-state index in [0.717, 1.165) is 5.56 Å². The van der Waals surface area contributed by atoms with Crippen molar-refractivity contribution >= 4 is 17.6 Å². The number of hydrogen-bond acceptors (Lipinski definition) is 4. The Hall–Kier alpha value is -1.95. The molecule has 0 radical (unpaired) electrons. The van der Waals surface area contributed by atoms with E-state index < -0.39 is 5.97 Å². The molecule has 0 saturated heterocycles. The van der Waals surface area contributed by atoms with Crippen molar-refractivity contribution in [2.45, 2.75) is 26.3 Å². The number of benzene rings is 1. The number of halogens is 1. The van der Waals surface area contributed by atoms with Gasteiger partial charge in [0.2, 0.25) is 0 Å². The first kappa shape index (κ1) is 14.5. The van der Waals surface area contributed by atoms with Gasteiger partial charge in [-0.3, -0.25) is 4.79 Å². The van der Waals surface area contributed by atoms with Crippen LogP contribution >= 0.6 is 11.6 Å². The Bertz CT molecular complexity index is 612. The molecule has 1 aromatic carbocycles. The van der Waals surface area contributed by atoms with E-state index >= 15 is 0 Å². The van der Waals surface area contributed by atoms with E-state index in [1.54, 1.807) is 22.9 Å². The average molecular weight is 295 g/mol. The maximum atomic E-state index is 11.0. The number of aliphatic carboxylic acids is 1. The SMILES string of the molecule is CC(C)C(CC(=O)O)n1nnnc1-c1cccc(Cl)c1. The Balaban J connectivity index is 2.43. The first-order valence-electron chi connectivity index (χ1n) is 6.24. The van der Waals surface area contributed by atoms with Gasteiger partial charge in [0.1, 0.15) is 0 Å². The highest BCUT2D eigenvalue weighted by Crippen LogP contribution is 2.27. The molecule has 2 aromatic rings. The number of tetrazole rings is 1. The second-order valence-electron chi connectivity index (χ2n) is 4.87. The number of aromatic nitrogens is 4. The van der Waals surface area contributed by atoms with E-state index in [1.807, 2.05) is 19.9 Å². The number of carboxylic acid groups (broad SMARTS) is 1. The van der Waals surface area contributed by atoms with Crippen LogP contribution in [-0.2, 0) is 4.79 Å². The molecule has 106 valence electrons. The van der Waals surface area contributed by atoms with Crippen LogP contribution < -0.4 is 0 Å². The van der Waals surface area contributed by atoms with Crippen molar-refractivity contribution in [2.75, 3.05) is 0 Å².